The van der Waals surface area contributed by atoms with Crippen molar-refractivity contribution in [2.45, 2.75) is 25.3 Å². The Kier molecular flexibility index (Phi) is 5.90. The summed E-state index contributed by atoms with van der Waals surface area (Å²) in [4.78, 5) is 4.14. The highest BCUT2D eigenvalue weighted by Crippen LogP contribution is 2.33. The summed E-state index contributed by atoms with van der Waals surface area (Å²) in [7, 11) is -3.84. The lowest BCUT2D eigenvalue weighted by molar-refractivity contribution is 0.161. The van der Waals surface area contributed by atoms with Gasteiger partial charge in [0, 0.05) is 38.9 Å². The molecule has 4 rings (SSSR count). The van der Waals surface area contributed by atoms with Crippen molar-refractivity contribution in [2.75, 3.05) is 33.0 Å². The fraction of sp³-hybridized carbons (Fsp3) is 0.348. The van der Waals surface area contributed by atoms with Gasteiger partial charge in [0.05, 0.1) is 4.90 Å². The van der Waals surface area contributed by atoms with Crippen LogP contribution in [0.1, 0.15) is 16.7 Å². The van der Waals surface area contributed by atoms with Crippen molar-refractivity contribution in [3.05, 3.63) is 64.2 Å². The molecule has 2 heterocycles. The second kappa shape index (κ2) is 8.61. The third kappa shape index (κ3) is 4.53. The van der Waals surface area contributed by atoms with E-state index in [1.54, 1.807) is 18.2 Å². The number of nitrogens with zero attached hydrogens (tertiary/aromatic N) is 3. The highest BCUT2D eigenvalue weighted by atomic mass is 32.2. The SMILES string of the molecule is Cc1ccc(S(=O)(=O)C(C#N)=CN2CCN(Cc3ccc4c(c3)OCO4)CC2)cc1C. The summed E-state index contributed by atoms with van der Waals surface area (Å²) in [5.74, 6) is 1.54. The number of piperazine rings is 1. The summed E-state index contributed by atoms with van der Waals surface area (Å²) in [6.07, 6.45) is 1.49. The third-order valence-corrected chi connectivity index (χ3v) is 7.39. The van der Waals surface area contributed by atoms with Gasteiger partial charge in [0.25, 0.3) is 0 Å². The molecular weight excluding hydrogens is 414 g/mol. The monoisotopic (exact) mass is 439 g/mol. The van der Waals surface area contributed by atoms with E-state index in [0.29, 0.717) is 13.1 Å². The molecule has 0 spiro atoms. The van der Waals surface area contributed by atoms with Crippen LogP contribution in [0.3, 0.4) is 0 Å². The second-order valence-corrected chi connectivity index (χ2v) is 9.77. The maximum Gasteiger partial charge on any atom is 0.231 e. The zero-order chi connectivity index (χ0) is 22.0. The number of ether oxygens (including phenoxy) is 2. The van der Waals surface area contributed by atoms with E-state index < -0.39 is 9.84 Å². The Morgan fingerprint density at radius 2 is 1.77 bits per heavy atom. The Morgan fingerprint density at radius 1 is 1.03 bits per heavy atom. The lowest BCUT2D eigenvalue weighted by Gasteiger charge is -2.34. The minimum absolute atomic E-state index is 0.157. The largest absolute Gasteiger partial charge is 0.454 e. The molecule has 0 unspecified atom stereocenters. The highest BCUT2D eigenvalue weighted by Gasteiger charge is 2.24. The molecule has 0 bridgehead atoms. The van der Waals surface area contributed by atoms with Crippen molar-refractivity contribution < 1.29 is 17.9 Å². The van der Waals surface area contributed by atoms with Crippen molar-refractivity contribution in [3.63, 3.8) is 0 Å². The standard InChI is InChI=1S/C23H25N3O4S/c1-17-3-5-20(11-18(17)2)31(27,28)21(13-24)15-26-9-7-25(8-10-26)14-19-4-6-22-23(12-19)30-16-29-22/h3-6,11-12,15H,7-10,14,16H2,1-2H3. The fourth-order valence-corrected chi connectivity index (χ4v) is 4.92. The summed E-state index contributed by atoms with van der Waals surface area (Å²) in [6, 6.07) is 12.8. The fourth-order valence-electron chi connectivity index (χ4n) is 3.68. The molecular formula is C23H25N3O4S. The van der Waals surface area contributed by atoms with Crippen LogP contribution in [0.4, 0.5) is 0 Å². The number of benzene rings is 2. The minimum Gasteiger partial charge on any atom is -0.454 e. The van der Waals surface area contributed by atoms with E-state index in [4.69, 9.17) is 9.47 Å². The number of fused-ring (bicyclic) bond motifs is 1. The van der Waals surface area contributed by atoms with Crippen molar-refractivity contribution in [1.82, 2.24) is 9.80 Å². The average Bonchev–Trinajstić information content (AvgIpc) is 3.22. The van der Waals surface area contributed by atoms with Crippen LogP contribution >= 0.6 is 0 Å². The molecule has 162 valence electrons. The minimum atomic E-state index is -3.84. The van der Waals surface area contributed by atoms with Gasteiger partial charge < -0.3 is 14.4 Å². The van der Waals surface area contributed by atoms with E-state index in [9.17, 15) is 13.7 Å². The van der Waals surface area contributed by atoms with E-state index in [-0.39, 0.29) is 16.6 Å². The first-order chi connectivity index (χ1) is 14.9. The predicted molar refractivity (Wildman–Crippen MR) is 116 cm³/mol. The van der Waals surface area contributed by atoms with Crippen molar-refractivity contribution >= 4 is 9.84 Å². The summed E-state index contributed by atoms with van der Waals surface area (Å²) in [5.41, 5.74) is 3.04. The van der Waals surface area contributed by atoms with Crippen molar-refractivity contribution in [2.24, 2.45) is 0 Å². The molecule has 2 aromatic rings. The van der Waals surface area contributed by atoms with E-state index >= 15 is 0 Å². The predicted octanol–water partition coefficient (Wildman–Crippen LogP) is 2.99. The molecule has 1 fully saturated rings. The molecule has 8 heteroatoms. The van der Waals surface area contributed by atoms with Crippen LogP contribution in [-0.4, -0.2) is 51.2 Å². The Balaban J connectivity index is 1.41. The Morgan fingerprint density at radius 3 is 2.48 bits per heavy atom. The molecule has 0 amide bonds. The number of hydrogen-bond acceptors (Lipinski definition) is 7. The molecule has 0 aromatic heterocycles. The zero-order valence-corrected chi connectivity index (χ0v) is 18.5. The smallest absolute Gasteiger partial charge is 0.231 e. The van der Waals surface area contributed by atoms with Crippen LogP contribution in [0.2, 0.25) is 0 Å². The van der Waals surface area contributed by atoms with Crippen LogP contribution in [0.15, 0.2) is 52.4 Å². The van der Waals surface area contributed by atoms with Gasteiger partial charge in [0.1, 0.15) is 6.07 Å². The molecule has 0 saturated carbocycles. The van der Waals surface area contributed by atoms with Crippen molar-refractivity contribution in [3.8, 4) is 17.6 Å². The zero-order valence-electron chi connectivity index (χ0n) is 17.7. The summed E-state index contributed by atoms with van der Waals surface area (Å²) in [5, 5.41) is 9.54. The summed E-state index contributed by atoms with van der Waals surface area (Å²) >= 11 is 0. The van der Waals surface area contributed by atoms with Crippen LogP contribution < -0.4 is 9.47 Å². The van der Waals surface area contributed by atoms with Gasteiger partial charge >= 0.3 is 0 Å². The molecule has 2 aromatic carbocycles. The molecule has 2 aliphatic heterocycles. The summed E-state index contributed by atoms with van der Waals surface area (Å²) in [6.45, 7) is 7.67. The number of aryl methyl sites for hydroxylation is 2. The Bertz CT molecular complexity index is 1160. The lowest BCUT2D eigenvalue weighted by atomic mass is 10.1. The molecule has 1 saturated heterocycles. The Labute approximate surface area is 183 Å². The van der Waals surface area contributed by atoms with E-state index in [1.807, 2.05) is 43.0 Å². The highest BCUT2D eigenvalue weighted by molar-refractivity contribution is 7.95. The Hall–Kier alpha value is -3.02. The normalized spacial score (nSPS) is 16.9. The number of sulfone groups is 1. The second-order valence-electron chi connectivity index (χ2n) is 7.85. The van der Waals surface area contributed by atoms with Gasteiger partial charge in [-0.25, -0.2) is 8.42 Å². The number of rotatable bonds is 5. The maximum atomic E-state index is 12.9. The first-order valence-electron chi connectivity index (χ1n) is 10.2. The topological polar surface area (TPSA) is 82.9 Å². The van der Waals surface area contributed by atoms with Crippen LogP contribution in [0, 0.1) is 25.2 Å². The summed E-state index contributed by atoms with van der Waals surface area (Å²) < 4.78 is 36.7. The maximum absolute atomic E-state index is 12.9. The average molecular weight is 440 g/mol. The van der Waals surface area contributed by atoms with Crippen LogP contribution in [-0.2, 0) is 16.4 Å². The quantitative estimate of drug-likeness (QED) is 0.663. The molecule has 7 nitrogen and oxygen atoms in total. The van der Waals surface area contributed by atoms with Gasteiger partial charge in [-0.2, -0.15) is 5.26 Å². The molecule has 0 aliphatic carbocycles. The molecule has 0 radical (unpaired) electrons. The first kappa shape index (κ1) is 21.2. The number of nitriles is 1. The number of allylic oxidation sites excluding steroid dienone is 1. The van der Waals surface area contributed by atoms with Gasteiger partial charge in [0.2, 0.25) is 16.6 Å². The van der Waals surface area contributed by atoms with Crippen LogP contribution in [0.25, 0.3) is 0 Å². The lowest BCUT2D eigenvalue weighted by Crippen LogP contribution is -2.43. The molecule has 31 heavy (non-hydrogen) atoms. The van der Waals surface area contributed by atoms with Crippen molar-refractivity contribution in [1.29, 1.82) is 5.26 Å². The molecule has 0 atom stereocenters. The number of hydrogen-bond donors (Lipinski definition) is 0. The van der Waals surface area contributed by atoms with Gasteiger partial charge in [-0.05, 0) is 54.8 Å². The van der Waals surface area contributed by atoms with Gasteiger partial charge in [-0.1, -0.05) is 12.1 Å². The van der Waals surface area contributed by atoms with Gasteiger partial charge in [0.15, 0.2) is 16.4 Å². The van der Waals surface area contributed by atoms with Gasteiger partial charge in [-0.15, -0.1) is 0 Å². The first-order valence-corrected chi connectivity index (χ1v) is 11.6. The molecule has 0 N–H and O–H groups in total. The van der Waals surface area contributed by atoms with E-state index in [1.165, 1.54) is 6.20 Å². The van der Waals surface area contributed by atoms with Gasteiger partial charge in [-0.3, -0.25) is 4.90 Å². The molecule has 2 aliphatic rings. The third-order valence-electron chi connectivity index (χ3n) is 5.74. The van der Waals surface area contributed by atoms with E-state index in [0.717, 1.165) is 47.8 Å². The van der Waals surface area contributed by atoms with Crippen LogP contribution in [0.5, 0.6) is 11.5 Å². The van der Waals surface area contributed by atoms with E-state index in [2.05, 4.69) is 4.90 Å².